The number of anilines is 1. The molecule has 0 aliphatic heterocycles. The number of nitrogens with one attached hydrogen (secondary N) is 1. The van der Waals surface area contributed by atoms with E-state index in [4.69, 9.17) is 11.6 Å². The molecule has 0 radical (unpaired) electrons. The Labute approximate surface area is 123 Å². The topological polar surface area (TPSA) is 49.3 Å². The van der Waals surface area contributed by atoms with Gasteiger partial charge in [0.15, 0.2) is 0 Å². The van der Waals surface area contributed by atoms with Crippen molar-refractivity contribution in [2.45, 2.75) is 19.8 Å². The van der Waals surface area contributed by atoms with E-state index in [9.17, 15) is 9.90 Å². The van der Waals surface area contributed by atoms with E-state index < -0.39 is 0 Å². The van der Waals surface area contributed by atoms with Crippen LogP contribution in [0.5, 0.6) is 5.75 Å². The maximum atomic E-state index is 12.1. The van der Waals surface area contributed by atoms with Crippen molar-refractivity contribution in [1.29, 1.82) is 0 Å². The molecule has 20 heavy (non-hydrogen) atoms. The minimum Gasteiger partial charge on any atom is -0.506 e. The van der Waals surface area contributed by atoms with Gasteiger partial charge < -0.3 is 10.4 Å². The fraction of sp³-hybridized carbons (Fsp3) is 0.188. The van der Waals surface area contributed by atoms with Gasteiger partial charge >= 0.3 is 0 Å². The number of hydrogen-bond acceptors (Lipinski definition) is 2. The second-order valence-corrected chi connectivity index (χ2v) is 5.33. The Morgan fingerprint density at radius 1 is 1.15 bits per heavy atom. The van der Waals surface area contributed by atoms with Crippen molar-refractivity contribution in [3.8, 4) is 5.75 Å². The Bertz CT molecular complexity index is 621. The third-order valence-corrected chi connectivity index (χ3v) is 3.28. The highest BCUT2D eigenvalue weighted by Gasteiger charge is 2.10. The monoisotopic (exact) mass is 289 g/mol. The average molecular weight is 290 g/mol. The summed E-state index contributed by atoms with van der Waals surface area (Å²) in [6.07, 6.45) is 0. The van der Waals surface area contributed by atoms with Crippen LogP contribution in [0, 0.1) is 0 Å². The van der Waals surface area contributed by atoms with Gasteiger partial charge in [0, 0.05) is 10.6 Å². The molecule has 2 rings (SSSR count). The predicted molar refractivity (Wildman–Crippen MR) is 81.6 cm³/mol. The first kappa shape index (κ1) is 14.4. The zero-order valence-corrected chi connectivity index (χ0v) is 12.1. The summed E-state index contributed by atoms with van der Waals surface area (Å²) in [5, 5.41) is 12.8. The van der Waals surface area contributed by atoms with Crippen LogP contribution >= 0.6 is 11.6 Å². The fourth-order valence-corrected chi connectivity index (χ4v) is 1.99. The maximum absolute atomic E-state index is 12.1. The molecule has 1 amide bonds. The number of phenolic OH excluding ortho intramolecular Hbond substituents is 1. The van der Waals surface area contributed by atoms with Crippen LogP contribution in [0.4, 0.5) is 5.69 Å². The minimum absolute atomic E-state index is 0.0125. The van der Waals surface area contributed by atoms with Crippen LogP contribution in [-0.2, 0) is 0 Å². The van der Waals surface area contributed by atoms with E-state index >= 15 is 0 Å². The van der Waals surface area contributed by atoms with Crippen molar-refractivity contribution >= 4 is 23.2 Å². The molecule has 2 aromatic rings. The Balaban J connectivity index is 2.17. The molecule has 0 spiro atoms. The van der Waals surface area contributed by atoms with Crippen LogP contribution in [-0.4, -0.2) is 11.0 Å². The van der Waals surface area contributed by atoms with Crippen LogP contribution in [0.3, 0.4) is 0 Å². The quantitative estimate of drug-likeness (QED) is 0.822. The zero-order chi connectivity index (χ0) is 14.7. The van der Waals surface area contributed by atoms with Gasteiger partial charge in [-0.1, -0.05) is 37.6 Å². The molecular weight excluding hydrogens is 274 g/mol. The molecule has 2 aromatic carbocycles. The maximum Gasteiger partial charge on any atom is 0.255 e. The van der Waals surface area contributed by atoms with Crippen molar-refractivity contribution < 1.29 is 9.90 Å². The highest BCUT2D eigenvalue weighted by Crippen LogP contribution is 2.27. The number of amides is 1. The second-order valence-electron chi connectivity index (χ2n) is 4.89. The number of halogens is 1. The number of carbonyl (C=O) groups excluding carboxylic acids is 1. The Morgan fingerprint density at radius 3 is 2.40 bits per heavy atom. The normalized spacial score (nSPS) is 10.6. The summed E-state index contributed by atoms with van der Waals surface area (Å²) in [6, 6.07) is 11.9. The minimum atomic E-state index is -0.280. The number of rotatable bonds is 3. The molecule has 4 heteroatoms. The molecule has 104 valence electrons. The molecule has 0 aromatic heterocycles. The SMILES string of the molecule is CC(C)c1ccc(C(=O)Nc2cc(Cl)ccc2O)cc1. The summed E-state index contributed by atoms with van der Waals surface area (Å²) in [5.41, 5.74) is 2.01. The van der Waals surface area contributed by atoms with Crippen molar-refractivity contribution in [2.24, 2.45) is 0 Å². The lowest BCUT2D eigenvalue weighted by molar-refractivity contribution is 0.102. The highest BCUT2D eigenvalue weighted by atomic mass is 35.5. The predicted octanol–water partition coefficient (Wildman–Crippen LogP) is 4.42. The summed E-state index contributed by atoms with van der Waals surface area (Å²) in [6.45, 7) is 4.19. The molecular formula is C16H16ClNO2. The molecule has 0 aliphatic rings. The number of hydrogen-bond donors (Lipinski definition) is 2. The average Bonchev–Trinajstić information content (AvgIpc) is 2.43. The van der Waals surface area contributed by atoms with Gasteiger partial charge in [0.2, 0.25) is 0 Å². The summed E-state index contributed by atoms with van der Waals surface area (Å²) in [7, 11) is 0. The Hall–Kier alpha value is -2.00. The molecule has 0 saturated carbocycles. The molecule has 3 nitrogen and oxygen atoms in total. The van der Waals surface area contributed by atoms with Gasteiger partial charge in [-0.2, -0.15) is 0 Å². The molecule has 0 atom stereocenters. The molecule has 0 saturated heterocycles. The third-order valence-electron chi connectivity index (χ3n) is 3.05. The lowest BCUT2D eigenvalue weighted by atomic mass is 10.0. The van der Waals surface area contributed by atoms with E-state index in [-0.39, 0.29) is 11.7 Å². The van der Waals surface area contributed by atoms with Gasteiger partial charge in [-0.25, -0.2) is 0 Å². The molecule has 0 unspecified atom stereocenters. The summed E-state index contributed by atoms with van der Waals surface area (Å²) < 4.78 is 0. The molecule has 0 aliphatic carbocycles. The van der Waals surface area contributed by atoms with Crippen LogP contribution in [0.1, 0.15) is 35.7 Å². The van der Waals surface area contributed by atoms with Crippen molar-refractivity contribution in [1.82, 2.24) is 0 Å². The van der Waals surface area contributed by atoms with Crippen molar-refractivity contribution in [3.63, 3.8) is 0 Å². The summed E-state index contributed by atoms with van der Waals surface area (Å²) in [4.78, 5) is 12.1. The standard InChI is InChI=1S/C16H16ClNO2/c1-10(2)11-3-5-12(6-4-11)16(20)18-14-9-13(17)7-8-15(14)19/h3-10,19H,1-2H3,(H,18,20). The lowest BCUT2D eigenvalue weighted by Crippen LogP contribution is -2.12. The van der Waals surface area contributed by atoms with Crippen LogP contribution in [0.25, 0.3) is 0 Å². The molecule has 0 heterocycles. The fourth-order valence-electron chi connectivity index (χ4n) is 1.82. The van der Waals surface area contributed by atoms with Gasteiger partial charge in [0.1, 0.15) is 5.75 Å². The van der Waals surface area contributed by atoms with Gasteiger partial charge in [-0.15, -0.1) is 0 Å². The number of benzene rings is 2. The van der Waals surface area contributed by atoms with Crippen LogP contribution < -0.4 is 5.32 Å². The first-order chi connectivity index (χ1) is 9.47. The van der Waals surface area contributed by atoms with Gasteiger partial charge in [-0.3, -0.25) is 4.79 Å². The largest absolute Gasteiger partial charge is 0.506 e. The van der Waals surface area contributed by atoms with E-state index in [2.05, 4.69) is 19.2 Å². The lowest BCUT2D eigenvalue weighted by Gasteiger charge is -2.09. The second kappa shape index (κ2) is 5.97. The van der Waals surface area contributed by atoms with Crippen molar-refractivity contribution in [2.75, 3.05) is 5.32 Å². The van der Waals surface area contributed by atoms with Crippen LogP contribution in [0.2, 0.25) is 5.02 Å². The zero-order valence-electron chi connectivity index (χ0n) is 11.4. The first-order valence-electron chi connectivity index (χ1n) is 6.37. The van der Waals surface area contributed by atoms with Gasteiger partial charge in [-0.05, 0) is 41.8 Å². The van der Waals surface area contributed by atoms with Crippen molar-refractivity contribution in [3.05, 3.63) is 58.6 Å². The highest BCUT2D eigenvalue weighted by molar-refractivity contribution is 6.31. The van der Waals surface area contributed by atoms with Gasteiger partial charge in [0.05, 0.1) is 5.69 Å². The number of carbonyl (C=O) groups is 1. The van der Waals surface area contributed by atoms with E-state index in [1.807, 2.05) is 12.1 Å². The van der Waals surface area contributed by atoms with Crippen LogP contribution in [0.15, 0.2) is 42.5 Å². The number of aromatic hydroxyl groups is 1. The molecule has 2 N–H and O–H groups in total. The van der Waals surface area contributed by atoms with Gasteiger partial charge in [0.25, 0.3) is 5.91 Å². The smallest absolute Gasteiger partial charge is 0.255 e. The summed E-state index contributed by atoms with van der Waals surface area (Å²) >= 11 is 5.84. The molecule has 0 fully saturated rings. The van der Waals surface area contributed by atoms with E-state index in [1.54, 1.807) is 18.2 Å². The Morgan fingerprint density at radius 2 is 1.80 bits per heavy atom. The summed E-state index contributed by atoms with van der Waals surface area (Å²) in [5.74, 6) is 0.128. The van der Waals surface area contributed by atoms with E-state index in [0.717, 1.165) is 0 Å². The first-order valence-corrected chi connectivity index (χ1v) is 6.75. The molecule has 0 bridgehead atoms. The Kier molecular flexibility index (Phi) is 4.30. The number of phenols is 1. The third kappa shape index (κ3) is 3.31. The van der Waals surface area contributed by atoms with E-state index in [1.165, 1.54) is 17.7 Å². The van der Waals surface area contributed by atoms with E-state index in [0.29, 0.717) is 22.2 Å².